The number of anilines is 1. The van der Waals surface area contributed by atoms with Crippen LogP contribution in [0, 0.1) is 0 Å². The first-order chi connectivity index (χ1) is 17.6. The van der Waals surface area contributed by atoms with E-state index < -0.39 is 0 Å². The molecule has 2 N–H and O–H groups in total. The van der Waals surface area contributed by atoms with Crippen molar-refractivity contribution < 1.29 is 10.2 Å². The van der Waals surface area contributed by atoms with Crippen molar-refractivity contribution in [2.75, 3.05) is 37.6 Å². The Labute approximate surface area is 217 Å². The third-order valence-electron chi connectivity index (χ3n) is 7.20. The lowest BCUT2D eigenvalue weighted by atomic mass is 9.87. The van der Waals surface area contributed by atoms with Crippen LogP contribution in [0.1, 0.15) is 36.3 Å². The van der Waals surface area contributed by atoms with Crippen molar-refractivity contribution in [1.29, 1.82) is 0 Å². The molecular weight excluding hydrogens is 470 g/mol. The van der Waals surface area contributed by atoms with Crippen LogP contribution in [0.5, 0.6) is 11.5 Å². The standard InChI is InChI=1S/C30H32ClN3O2/c31-24-8-13-28-29(21-24)32-15-14-30(28)34-19-17-33(18-20-34)16-2-1-3-27(22-4-9-25(35)10-5-22)23-6-11-26(36)12-7-23/h4-15,21,27,35-36H,1-3,16-20H2. The summed E-state index contributed by atoms with van der Waals surface area (Å²) in [7, 11) is 0. The Kier molecular flexibility index (Phi) is 7.59. The smallest absolute Gasteiger partial charge is 0.115 e. The Balaban J connectivity index is 1.15. The molecule has 1 fully saturated rings. The van der Waals surface area contributed by atoms with E-state index in [1.165, 1.54) is 16.8 Å². The molecule has 6 heteroatoms. The number of pyridine rings is 1. The molecule has 0 radical (unpaired) electrons. The van der Waals surface area contributed by atoms with E-state index in [0.717, 1.165) is 67.9 Å². The Morgan fingerprint density at radius 2 is 1.42 bits per heavy atom. The molecule has 0 atom stereocenters. The highest BCUT2D eigenvalue weighted by Crippen LogP contribution is 2.32. The number of benzene rings is 3. The van der Waals surface area contributed by atoms with E-state index >= 15 is 0 Å². The van der Waals surface area contributed by atoms with Crippen LogP contribution in [0.3, 0.4) is 0 Å². The summed E-state index contributed by atoms with van der Waals surface area (Å²) < 4.78 is 0. The maximum atomic E-state index is 9.71. The molecule has 186 valence electrons. The Hall–Kier alpha value is -3.28. The second-order valence-electron chi connectivity index (χ2n) is 9.55. The van der Waals surface area contributed by atoms with Crippen molar-refractivity contribution in [3.63, 3.8) is 0 Å². The number of unbranched alkanes of at least 4 members (excludes halogenated alkanes) is 1. The molecule has 0 saturated carbocycles. The third-order valence-corrected chi connectivity index (χ3v) is 7.44. The summed E-state index contributed by atoms with van der Waals surface area (Å²) in [5.41, 5.74) is 4.57. The molecule has 1 saturated heterocycles. The maximum absolute atomic E-state index is 9.71. The van der Waals surface area contributed by atoms with Crippen LogP contribution >= 0.6 is 11.6 Å². The molecule has 0 amide bonds. The number of hydrogen-bond donors (Lipinski definition) is 2. The SMILES string of the molecule is Oc1ccc(C(CCCCN2CCN(c3ccnc4cc(Cl)ccc34)CC2)c2ccc(O)cc2)cc1. The number of piperazine rings is 1. The topological polar surface area (TPSA) is 59.8 Å². The van der Waals surface area contributed by atoms with Gasteiger partial charge in [0, 0.05) is 54.4 Å². The van der Waals surface area contributed by atoms with Gasteiger partial charge >= 0.3 is 0 Å². The number of phenolic OH excluding ortho intramolecular Hbond substituents is 2. The van der Waals surface area contributed by atoms with Crippen molar-refractivity contribution in [3.8, 4) is 11.5 Å². The van der Waals surface area contributed by atoms with Crippen LogP contribution in [0.15, 0.2) is 79.0 Å². The zero-order valence-corrected chi connectivity index (χ0v) is 21.1. The quantitative estimate of drug-likeness (QED) is 0.273. The summed E-state index contributed by atoms with van der Waals surface area (Å²) in [6.45, 7) is 5.21. The molecule has 1 aliphatic heterocycles. The van der Waals surface area contributed by atoms with Crippen LogP contribution in [0.4, 0.5) is 5.69 Å². The minimum atomic E-state index is 0.247. The van der Waals surface area contributed by atoms with Crippen molar-refractivity contribution in [2.45, 2.75) is 25.2 Å². The first-order valence-corrected chi connectivity index (χ1v) is 13.0. The fourth-order valence-electron chi connectivity index (χ4n) is 5.22. The lowest BCUT2D eigenvalue weighted by molar-refractivity contribution is 0.252. The summed E-state index contributed by atoms with van der Waals surface area (Å²) in [4.78, 5) is 9.50. The van der Waals surface area contributed by atoms with Crippen LogP contribution in [-0.2, 0) is 0 Å². The van der Waals surface area contributed by atoms with Crippen LogP contribution in [0.2, 0.25) is 5.02 Å². The molecule has 36 heavy (non-hydrogen) atoms. The second kappa shape index (κ2) is 11.2. The second-order valence-corrected chi connectivity index (χ2v) is 9.99. The molecule has 2 heterocycles. The van der Waals surface area contributed by atoms with E-state index in [9.17, 15) is 10.2 Å². The fraction of sp³-hybridized carbons (Fsp3) is 0.300. The number of fused-ring (bicyclic) bond motifs is 1. The third kappa shape index (κ3) is 5.75. The minimum Gasteiger partial charge on any atom is -0.508 e. The summed E-state index contributed by atoms with van der Waals surface area (Å²) in [6.07, 6.45) is 5.16. The van der Waals surface area contributed by atoms with Gasteiger partial charge in [-0.25, -0.2) is 0 Å². The van der Waals surface area contributed by atoms with Gasteiger partial charge in [0.2, 0.25) is 0 Å². The summed E-state index contributed by atoms with van der Waals surface area (Å²) in [5.74, 6) is 0.813. The highest BCUT2D eigenvalue weighted by atomic mass is 35.5. The van der Waals surface area contributed by atoms with Crippen molar-refractivity contribution in [1.82, 2.24) is 9.88 Å². The van der Waals surface area contributed by atoms with E-state index in [1.807, 2.05) is 42.6 Å². The maximum Gasteiger partial charge on any atom is 0.115 e. The van der Waals surface area contributed by atoms with E-state index in [-0.39, 0.29) is 17.4 Å². The van der Waals surface area contributed by atoms with Crippen molar-refractivity contribution in [2.24, 2.45) is 0 Å². The van der Waals surface area contributed by atoms with E-state index in [2.05, 4.69) is 26.9 Å². The molecule has 3 aromatic carbocycles. The van der Waals surface area contributed by atoms with Crippen molar-refractivity contribution in [3.05, 3.63) is 95.1 Å². The molecular formula is C30H32ClN3O2. The van der Waals surface area contributed by atoms with Gasteiger partial charge in [-0.05, 0) is 79.0 Å². The number of aromatic nitrogens is 1. The number of phenols is 2. The Morgan fingerprint density at radius 3 is 2.06 bits per heavy atom. The lowest BCUT2D eigenvalue weighted by Gasteiger charge is -2.36. The molecule has 1 aromatic heterocycles. The first-order valence-electron chi connectivity index (χ1n) is 12.7. The predicted molar refractivity (Wildman–Crippen MR) is 147 cm³/mol. The molecule has 5 nitrogen and oxygen atoms in total. The molecule has 5 rings (SSSR count). The van der Waals surface area contributed by atoms with E-state index in [0.29, 0.717) is 0 Å². The van der Waals surface area contributed by atoms with Gasteiger partial charge in [0.1, 0.15) is 11.5 Å². The van der Waals surface area contributed by atoms with Crippen LogP contribution < -0.4 is 4.90 Å². The number of nitrogens with zero attached hydrogens (tertiary/aromatic N) is 3. The van der Waals surface area contributed by atoms with Gasteiger partial charge < -0.3 is 15.1 Å². The number of rotatable bonds is 8. The predicted octanol–water partition coefficient (Wildman–Crippen LogP) is 6.42. The highest BCUT2D eigenvalue weighted by Gasteiger charge is 2.19. The molecule has 0 unspecified atom stereocenters. The zero-order valence-electron chi connectivity index (χ0n) is 20.4. The van der Waals surface area contributed by atoms with Gasteiger partial charge in [-0.15, -0.1) is 0 Å². The molecule has 0 bridgehead atoms. The van der Waals surface area contributed by atoms with Gasteiger partial charge in [0.15, 0.2) is 0 Å². The Morgan fingerprint density at radius 1 is 0.778 bits per heavy atom. The first kappa shape index (κ1) is 24.4. The van der Waals surface area contributed by atoms with Crippen LogP contribution in [0.25, 0.3) is 10.9 Å². The lowest BCUT2D eigenvalue weighted by Crippen LogP contribution is -2.46. The largest absolute Gasteiger partial charge is 0.508 e. The molecule has 4 aromatic rings. The highest BCUT2D eigenvalue weighted by molar-refractivity contribution is 6.31. The molecule has 0 aliphatic carbocycles. The molecule has 1 aliphatic rings. The van der Waals surface area contributed by atoms with Gasteiger partial charge in [-0.3, -0.25) is 9.88 Å². The monoisotopic (exact) mass is 501 g/mol. The Bertz CT molecular complexity index is 1240. The number of aromatic hydroxyl groups is 2. The van der Waals surface area contributed by atoms with Crippen molar-refractivity contribution >= 4 is 28.2 Å². The normalized spacial score (nSPS) is 14.6. The average molecular weight is 502 g/mol. The average Bonchev–Trinajstić information content (AvgIpc) is 2.90. The number of hydrogen-bond acceptors (Lipinski definition) is 5. The summed E-state index contributed by atoms with van der Waals surface area (Å²) in [5, 5.41) is 21.3. The minimum absolute atomic E-state index is 0.247. The summed E-state index contributed by atoms with van der Waals surface area (Å²) in [6, 6.07) is 23.1. The fourth-order valence-corrected chi connectivity index (χ4v) is 5.38. The number of halogens is 1. The van der Waals surface area contributed by atoms with Gasteiger partial charge in [0.05, 0.1) is 5.52 Å². The molecule has 0 spiro atoms. The van der Waals surface area contributed by atoms with Gasteiger partial charge in [0.25, 0.3) is 0 Å². The zero-order chi connectivity index (χ0) is 24.9. The van der Waals surface area contributed by atoms with Gasteiger partial charge in [-0.2, -0.15) is 0 Å². The van der Waals surface area contributed by atoms with Gasteiger partial charge in [-0.1, -0.05) is 42.3 Å². The van der Waals surface area contributed by atoms with E-state index in [4.69, 9.17) is 11.6 Å². The van der Waals surface area contributed by atoms with Crippen LogP contribution in [-0.4, -0.2) is 52.8 Å². The summed E-state index contributed by atoms with van der Waals surface area (Å²) >= 11 is 6.16. The van der Waals surface area contributed by atoms with E-state index in [1.54, 1.807) is 24.3 Å².